The summed E-state index contributed by atoms with van der Waals surface area (Å²) in [5, 5.41) is 4.51. The number of nitrogens with one attached hydrogen (secondary N) is 1. The highest BCUT2D eigenvalue weighted by Gasteiger charge is 2.28. The van der Waals surface area contributed by atoms with Gasteiger partial charge < -0.3 is 14.6 Å². The molecule has 1 saturated heterocycles. The molecule has 1 amide bonds. The van der Waals surface area contributed by atoms with Crippen molar-refractivity contribution >= 4 is 16.7 Å². The lowest BCUT2D eigenvalue weighted by Gasteiger charge is -2.34. The highest BCUT2D eigenvalue weighted by Crippen LogP contribution is 2.25. The average molecular weight is 342 g/mol. The fraction of sp³-hybridized carbons (Fsp3) is 0.500. The van der Waals surface area contributed by atoms with Crippen LogP contribution in [0.25, 0.3) is 10.8 Å². The van der Waals surface area contributed by atoms with Gasteiger partial charge in [0.2, 0.25) is 5.91 Å². The van der Waals surface area contributed by atoms with Crippen LogP contribution in [0.5, 0.6) is 0 Å². The minimum atomic E-state index is -0.134. The number of carbonyl (C=O) groups excluding carboxylic acids is 1. The lowest BCUT2D eigenvalue weighted by molar-refractivity contribution is -0.122. The van der Waals surface area contributed by atoms with Crippen molar-refractivity contribution in [1.82, 2.24) is 9.88 Å². The summed E-state index contributed by atoms with van der Waals surface area (Å²) in [6.07, 6.45) is 3.98. The predicted octanol–water partition coefficient (Wildman–Crippen LogP) is 2.57. The summed E-state index contributed by atoms with van der Waals surface area (Å²) in [6.45, 7) is 5.76. The van der Waals surface area contributed by atoms with Crippen LogP contribution >= 0.6 is 0 Å². The number of amides is 1. The molecule has 25 heavy (non-hydrogen) atoms. The molecule has 1 aromatic heterocycles. The van der Waals surface area contributed by atoms with Crippen molar-refractivity contribution in [3.63, 3.8) is 0 Å². The maximum Gasteiger partial charge on any atom is 0.258 e. The van der Waals surface area contributed by atoms with E-state index in [0.29, 0.717) is 23.8 Å². The van der Waals surface area contributed by atoms with E-state index in [1.54, 1.807) is 12.3 Å². The molecule has 3 rings (SSSR count). The van der Waals surface area contributed by atoms with E-state index in [2.05, 4.69) is 19.2 Å². The second kappa shape index (κ2) is 7.83. The number of carbonyl (C=O) groups is 1. The van der Waals surface area contributed by atoms with Gasteiger partial charge in [-0.1, -0.05) is 32.0 Å². The molecule has 1 aromatic carbocycles. The molecule has 134 valence electrons. The van der Waals surface area contributed by atoms with Gasteiger partial charge in [0.05, 0.1) is 6.10 Å². The van der Waals surface area contributed by atoms with Crippen LogP contribution in [-0.4, -0.2) is 29.7 Å². The average Bonchev–Trinajstić information content (AvgIpc) is 2.63. The zero-order valence-corrected chi connectivity index (χ0v) is 14.9. The van der Waals surface area contributed by atoms with Gasteiger partial charge in [-0.05, 0) is 36.3 Å². The number of rotatable bonds is 5. The van der Waals surface area contributed by atoms with E-state index in [-0.39, 0.29) is 24.1 Å². The van der Waals surface area contributed by atoms with Crippen LogP contribution in [-0.2, 0) is 16.1 Å². The summed E-state index contributed by atoms with van der Waals surface area (Å²) in [6, 6.07) is 9.29. The number of hydrogen-bond acceptors (Lipinski definition) is 3. The third kappa shape index (κ3) is 4.10. The lowest BCUT2D eigenvalue weighted by Crippen LogP contribution is -2.42. The largest absolute Gasteiger partial charge is 0.378 e. The molecule has 0 spiro atoms. The lowest BCUT2D eigenvalue weighted by atomic mass is 9.87. The van der Waals surface area contributed by atoms with Crippen molar-refractivity contribution in [3.8, 4) is 0 Å². The molecule has 0 saturated carbocycles. The number of nitrogens with zero attached hydrogens (tertiary/aromatic N) is 1. The number of fused-ring (bicyclic) bond motifs is 1. The summed E-state index contributed by atoms with van der Waals surface area (Å²) >= 11 is 0. The fourth-order valence-corrected chi connectivity index (χ4v) is 3.63. The monoisotopic (exact) mass is 342 g/mol. The van der Waals surface area contributed by atoms with E-state index in [0.717, 1.165) is 24.8 Å². The molecule has 5 heteroatoms. The number of ether oxygens (including phenoxy) is 1. The molecular formula is C20H26N2O3. The Labute approximate surface area is 148 Å². The molecule has 1 aliphatic rings. The number of pyridine rings is 1. The second-order valence-electron chi connectivity index (χ2n) is 7.12. The predicted molar refractivity (Wildman–Crippen MR) is 98.5 cm³/mol. The molecule has 1 N–H and O–H groups in total. The maximum atomic E-state index is 12.5. The van der Waals surface area contributed by atoms with Crippen LogP contribution in [0, 0.1) is 11.8 Å². The first kappa shape index (κ1) is 17.7. The van der Waals surface area contributed by atoms with Gasteiger partial charge >= 0.3 is 0 Å². The van der Waals surface area contributed by atoms with Crippen molar-refractivity contribution in [2.45, 2.75) is 39.3 Å². The van der Waals surface area contributed by atoms with Crippen molar-refractivity contribution < 1.29 is 9.53 Å². The van der Waals surface area contributed by atoms with Crippen LogP contribution < -0.4 is 10.9 Å². The second-order valence-corrected chi connectivity index (χ2v) is 7.12. The molecule has 0 unspecified atom stereocenters. The highest BCUT2D eigenvalue weighted by atomic mass is 16.5. The molecule has 2 atom stereocenters. The van der Waals surface area contributed by atoms with Crippen LogP contribution in [0.2, 0.25) is 0 Å². The third-order valence-electron chi connectivity index (χ3n) is 4.91. The van der Waals surface area contributed by atoms with E-state index in [9.17, 15) is 9.59 Å². The summed E-state index contributed by atoms with van der Waals surface area (Å²) in [5.41, 5.74) is -0.130. The van der Waals surface area contributed by atoms with Crippen LogP contribution in [0.3, 0.4) is 0 Å². The summed E-state index contributed by atoms with van der Waals surface area (Å²) in [4.78, 5) is 24.8. The van der Waals surface area contributed by atoms with Crippen LogP contribution in [0.1, 0.15) is 26.7 Å². The van der Waals surface area contributed by atoms with Gasteiger partial charge in [0, 0.05) is 30.7 Å². The summed E-state index contributed by atoms with van der Waals surface area (Å²) < 4.78 is 7.33. The van der Waals surface area contributed by atoms with E-state index in [4.69, 9.17) is 4.74 Å². The molecule has 0 aliphatic carbocycles. The van der Waals surface area contributed by atoms with Gasteiger partial charge in [0.15, 0.2) is 0 Å². The summed E-state index contributed by atoms with van der Waals surface area (Å²) in [5.74, 6) is 0.641. The Balaban J connectivity index is 1.63. The normalized spacial score (nSPS) is 20.8. The van der Waals surface area contributed by atoms with Crippen molar-refractivity contribution in [3.05, 3.63) is 46.9 Å². The highest BCUT2D eigenvalue weighted by molar-refractivity contribution is 5.82. The van der Waals surface area contributed by atoms with Crippen molar-refractivity contribution in [1.29, 1.82) is 0 Å². The number of aromatic nitrogens is 1. The molecule has 2 heterocycles. The Morgan fingerprint density at radius 3 is 2.92 bits per heavy atom. The number of hydrogen-bond donors (Lipinski definition) is 1. The van der Waals surface area contributed by atoms with Gasteiger partial charge in [-0.25, -0.2) is 0 Å². The molecule has 1 aliphatic heterocycles. The van der Waals surface area contributed by atoms with Gasteiger partial charge in [0.1, 0.15) is 6.54 Å². The quantitative estimate of drug-likeness (QED) is 0.908. The van der Waals surface area contributed by atoms with E-state index in [1.165, 1.54) is 4.57 Å². The molecular weight excluding hydrogens is 316 g/mol. The Hall–Kier alpha value is -2.14. The smallest absolute Gasteiger partial charge is 0.258 e. The van der Waals surface area contributed by atoms with E-state index >= 15 is 0 Å². The minimum absolute atomic E-state index is 0.0452. The first-order valence-corrected chi connectivity index (χ1v) is 9.02. The maximum absolute atomic E-state index is 12.5. The SMILES string of the molecule is CC(C)[C@H]1OCCC[C@H]1CNC(=O)Cn1ccc2ccccc2c1=O. The van der Waals surface area contributed by atoms with Gasteiger partial charge in [-0.15, -0.1) is 0 Å². The zero-order chi connectivity index (χ0) is 17.8. The topological polar surface area (TPSA) is 60.3 Å². The Morgan fingerprint density at radius 1 is 1.32 bits per heavy atom. The van der Waals surface area contributed by atoms with Gasteiger partial charge in [-0.3, -0.25) is 9.59 Å². The molecule has 0 bridgehead atoms. The van der Waals surface area contributed by atoms with Crippen molar-refractivity contribution in [2.24, 2.45) is 11.8 Å². The van der Waals surface area contributed by atoms with E-state index < -0.39 is 0 Å². The van der Waals surface area contributed by atoms with Crippen LogP contribution in [0.15, 0.2) is 41.3 Å². The molecule has 1 fully saturated rings. The third-order valence-corrected chi connectivity index (χ3v) is 4.91. The molecule has 5 nitrogen and oxygen atoms in total. The fourth-order valence-electron chi connectivity index (χ4n) is 3.63. The number of benzene rings is 1. The molecule has 0 radical (unpaired) electrons. The Bertz CT molecular complexity index is 797. The zero-order valence-electron chi connectivity index (χ0n) is 14.9. The minimum Gasteiger partial charge on any atom is -0.378 e. The van der Waals surface area contributed by atoms with Crippen LogP contribution in [0.4, 0.5) is 0 Å². The first-order chi connectivity index (χ1) is 12.1. The first-order valence-electron chi connectivity index (χ1n) is 9.02. The van der Waals surface area contributed by atoms with Crippen molar-refractivity contribution in [2.75, 3.05) is 13.2 Å². The van der Waals surface area contributed by atoms with E-state index in [1.807, 2.05) is 24.3 Å². The van der Waals surface area contributed by atoms with Gasteiger partial charge in [0.25, 0.3) is 5.56 Å². The standard InChI is InChI=1S/C20H26N2O3/c1-14(2)19-16(7-5-11-25-19)12-21-18(23)13-22-10-9-15-6-3-4-8-17(15)20(22)24/h3-4,6,8-10,14,16,19H,5,7,11-13H2,1-2H3,(H,21,23)/t16-,19+/m0/s1. The Kier molecular flexibility index (Phi) is 5.53. The summed E-state index contributed by atoms with van der Waals surface area (Å²) in [7, 11) is 0. The Morgan fingerprint density at radius 2 is 2.12 bits per heavy atom. The van der Waals surface area contributed by atoms with Gasteiger partial charge in [-0.2, -0.15) is 0 Å². The molecule has 2 aromatic rings.